The van der Waals surface area contributed by atoms with Gasteiger partial charge in [-0.25, -0.2) is 4.79 Å². The Morgan fingerprint density at radius 3 is 2.61 bits per heavy atom. The van der Waals surface area contributed by atoms with E-state index in [2.05, 4.69) is 0 Å². The number of aliphatic hydroxyl groups excluding tert-OH is 4. The van der Waals surface area contributed by atoms with E-state index in [1.165, 1.54) is 0 Å². The molecule has 2 aliphatic carbocycles. The van der Waals surface area contributed by atoms with Crippen LogP contribution in [0.3, 0.4) is 0 Å². The predicted octanol–water partition coefficient (Wildman–Crippen LogP) is -1.09. The monoisotopic (exact) mass is 444 g/mol. The van der Waals surface area contributed by atoms with Crippen molar-refractivity contribution in [2.45, 2.75) is 81.4 Å². The maximum Gasteiger partial charge on any atom is 0.338 e. The van der Waals surface area contributed by atoms with Gasteiger partial charge in [0.05, 0.1) is 25.9 Å². The molecule has 2 saturated heterocycles. The molecule has 0 aromatic carbocycles. The molecule has 10 heteroatoms. The van der Waals surface area contributed by atoms with Crippen molar-refractivity contribution in [2.75, 3.05) is 19.8 Å². The van der Waals surface area contributed by atoms with Crippen LogP contribution in [0.2, 0.25) is 0 Å². The van der Waals surface area contributed by atoms with Crippen molar-refractivity contribution in [3.8, 4) is 0 Å². The number of carbonyl (C=O) groups is 1. The highest BCUT2D eigenvalue weighted by atomic mass is 16.7. The first-order valence-corrected chi connectivity index (χ1v) is 10.8. The lowest BCUT2D eigenvalue weighted by atomic mass is 9.74. The number of carboxylic acids is 1. The molecule has 0 unspecified atom stereocenters. The van der Waals surface area contributed by atoms with Crippen LogP contribution in [0.5, 0.6) is 0 Å². The summed E-state index contributed by atoms with van der Waals surface area (Å²) in [7, 11) is 0. The van der Waals surface area contributed by atoms with Crippen LogP contribution in [-0.4, -0.2) is 98.8 Å². The minimum absolute atomic E-state index is 0.0734. The Kier molecular flexibility index (Phi) is 6.21. The first-order chi connectivity index (χ1) is 14.6. The van der Waals surface area contributed by atoms with E-state index < -0.39 is 55.0 Å². The number of ether oxygens (including phenoxy) is 3. The molecule has 2 heterocycles. The number of rotatable bonds is 5. The summed E-state index contributed by atoms with van der Waals surface area (Å²) in [5.74, 6) is -1.17. The van der Waals surface area contributed by atoms with Crippen molar-refractivity contribution in [2.24, 2.45) is 11.3 Å². The SMILES string of the molecule is C/C(CO[C@@H]1O[C@H](CO)[C@@H](O)[C@@H](O)[C@@H]1O)=C1/CC[C@@]23CO[C@@H](C2)[C@@](O)(C(=O)O)CC[C@@H]13. The van der Waals surface area contributed by atoms with Gasteiger partial charge in [0.1, 0.15) is 24.4 Å². The number of allylic oxidation sites excluding steroid dienone is 1. The molecule has 4 aliphatic rings. The molecule has 0 aromatic heterocycles. The minimum Gasteiger partial charge on any atom is -0.479 e. The van der Waals surface area contributed by atoms with Gasteiger partial charge in [-0.2, -0.15) is 0 Å². The van der Waals surface area contributed by atoms with Gasteiger partial charge in [-0.05, 0) is 50.5 Å². The molecule has 2 bridgehead atoms. The molecule has 2 saturated carbocycles. The molecule has 0 aromatic rings. The zero-order chi connectivity index (χ0) is 22.6. The summed E-state index contributed by atoms with van der Waals surface area (Å²) in [6, 6.07) is 0. The smallest absolute Gasteiger partial charge is 0.338 e. The molecule has 2 aliphatic heterocycles. The Morgan fingerprint density at radius 1 is 1.19 bits per heavy atom. The van der Waals surface area contributed by atoms with E-state index in [1.807, 2.05) is 6.92 Å². The van der Waals surface area contributed by atoms with Crippen molar-refractivity contribution in [1.82, 2.24) is 0 Å². The van der Waals surface area contributed by atoms with Gasteiger partial charge in [0.2, 0.25) is 0 Å². The Labute approximate surface area is 180 Å². The Morgan fingerprint density at radius 2 is 1.94 bits per heavy atom. The number of hydrogen-bond donors (Lipinski definition) is 6. The molecule has 9 atom stereocenters. The quantitative estimate of drug-likeness (QED) is 0.287. The predicted molar refractivity (Wildman–Crippen MR) is 104 cm³/mol. The standard InChI is InChI=1S/C21H32O10/c1-10(8-29-18-17(25)16(24)15(23)13(7-22)31-18)11-2-4-20-6-14(30-9-20)21(28,19(26)27)5-3-12(11)20/h12-18,22-25,28H,2-9H2,1H3,(H,26,27)/b11-10+/t12-,13+,14-,15+,16+,17-,18+,20-,21+/m0/s1. The number of aliphatic carboxylic acids is 1. The van der Waals surface area contributed by atoms with Crippen molar-refractivity contribution in [3.63, 3.8) is 0 Å². The number of aliphatic hydroxyl groups is 5. The van der Waals surface area contributed by atoms with Gasteiger partial charge in [0.25, 0.3) is 0 Å². The topological polar surface area (TPSA) is 166 Å². The van der Waals surface area contributed by atoms with Gasteiger partial charge >= 0.3 is 5.97 Å². The van der Waals surface area contributed by atoms with Gasteiger partial charge < -0.3 is 44.8 Å². The summed E-state index contributed by atoms with van der Waals surface area (Å²) in [6.45, 7) is 1.91. The average molecular weight is 444 g/mol. The average Bonchev–Trinajstić information content (AvgIpc) is 3.30. The Hall–Kier alpha value is -1.11. The largest absolute Gasteiger partial charge is 0.479 e. The molecular formula is C21H32O10. The zero-order valence-corrected chi connectivity index (χ0v) is 17.5. The van der Waals surface area contributed by atoms with Crippen LogP contribution in [0, 0.1) is 11.3 Å². The van der Waals surface area contributed by atoms with E-state index in [0.29, 0.717) is 19.4 Å². The number of fused-ring (bicyclic) bond motifs is 1. The normalized spacial score (nSPS) is 48.9. The summed E-state index contributed by atoms with van der Waals surface area (Å²) in [5.41, 5.74) is -0.00386. The highest BCUT2D eigenvalue weighted by molar-refractivity contribution is 5.78. The Balaban J connectivity index is 1.48. The summed E-state index contributed by atoms with van der Waals surface area (Å²) in [5, 5.41) is 59.6. The van der Waals surface area contributed by atoms with Crippen molar-refractivity contribution in [3.05, 3.63) is 11.1 Å². The van der Waals surface area contributed by atoms with Crippen LogP contribution in [0.4, 0.5) is 0 Å². The molecule has 4 fully saturated rings. The van der Waals surface area contributed by atoms with E-state index in [-0.39, 0.29) is 24.4 Å². The maximum atomic E-state index is 11.7. The van der Waals surface area contributed by atoms with Crippen molar-refractivity contribution >= 4 is 5.97 Å². The lowest BCUT2D eigenvalue weighted by Gasteiger charge is -2.39. The first-order valence-electron chi connectivity index (χ1n) is 10.8. The lowest BCUT2D eigenvalue weighted by molar-refractivity contribution is -0.299. The van der Waals surface area contributed by atoms with Crippen LogP contribution in [0.25, 0.3) is 0 Å². The highest BCUT2D eigenvalue weighted by Gasteiger charge is 2.60. The van der Waals surface area contributed by atoms with Crippen molar-refractivity contribution < 1.29 is 49.6 Å². The van der Waals surface area contributed by atoms with E-state index in [4.69, 9.17) is 14.2 Å². The molecule has 4 rings (SSSR count). The van der Waals surface area contributed by atoms with Crippen LogP contribution in [-0.2, 0) is 19.0 Å². The van der Waals surface area contributed by atoms with E-state index in [1.54, 1.807) is 0 Å². The second-order valence-corrected chi connectivity index (χ2v) is 9.50. The Bertz CT molecular complexity index is 738. The van der Waals surface area contributed by atoms with E-state index >= 15 is 0 Å². The molecular weight excluding hydrogens is 412 g/mol. The third-order valence-electron chi connectivity index (χ3n) is 7.79. The van der Waals surface area contributed by atoms with Crippen molar-refractivity contribution in [1.29, 1.82) is 0 Å². The van der Waals surface area contributed by atoms with Gasteiger partial charge in [0, 0.05) is 5.41 Å². The molecule has 0 amide bonds. The van der Waals surface area contributed by atoms with Crippen LogP contribution < -0.4 is 0 Å². The molecule has 1 spiro atoms. The highest BCUT2D eigenvalue weighted by Crippen LogP contribution is 2.59. The van der Waals surface area contributed by atoms with Crippen LogP contribution >= 0.6 is 0 Å². The number of carboxylic acid groups (broad SMARTS) is 1. The fraction of sp³-hybridized carbons (Fsp3) is 0.857. The summed E-state index contributed by atoms with van der Waals surface area (Å²) in [6.07, 6.45) is -4.53. The molecule has 0 radical (unpaired) electrons. The van der Waals surface area contributed by atoms with Crippen LogP contribution in [0.15, 0.2) is 11.1 Å². The zero-order valence-electron chi connectivity index (χ0n) is 17.5. The molecule has 31 heavy (non-hydrogen) atoms. The minimum atomic E-state index is -1.88. The van der Waals surface area contributed by atoms with Gasteiger partial charge in [0.15, 0.2) is 11.9 Å². The summed E-state index contributed by atoms with van der Waals surface area (Å²) >= 11 is 0. The fourth-order valence-electron chi connectivity index (χ4n) is 5.85. The third kappa shape index (κ3) is 3.72. The second kappa shape index (κ2) is 8.35. The van der Waals surface area contributed by atoms with Gasteiger partial charge in [-0.15, -0.1) is 0 Å². The van der Waals surface area contributed by atoms with E-state index in [9.17, 15) is 35.4 Å². The fourth-order valence-corrected chi connectivity index (χ4v) is 5.85. The summed E-state index contributed by atoms with van der Waals surface area (Å²) < 4.78 is 16.9. The lowest BCUT2D eigenvalue weighted by Crippen LogP contribution is -2.59. The second-order valence-electron chi connectivity index (χ2n) is 9.50. The number of hydrogen-bond acceptors (Lipinski definition) is 9. The van der Waals surface area contributed by atoms with Crippen LogP contribution in [0.1, 0.15) is 39.0 Å². The first kappa shape index (κ1) is 23.1. The summed E-state index contributed by atoms with van der Waals surface area (Å²) in [4.78, 5) is 11.7. The van der Waals surface area contributed by atoms with E-state index in [0.717, 1.165) is 24.0 Å². The van der Waals surface area contributed by atoms with Gasteiger partial charge in [-0.3, -0.25) is 0 Å². The molecule has 10 nitrogen and oxygen atoms in total. The molecule has 6 N–H and O–H groups in total. The third-order valence-corrected chi connectivity index (χ3v) is 7.79. The maximum absolute atomic E-state index is 11.7. The van der Waals surface area contributed by atoms with Gasteiger partial charge in [-0.1, -0.05) is 5.57 Å². The molecule has 176 valence electrons.